The zero-order valence-electron chi connectivity index (χ0n) is 11.0. The standard InChI is InChI=1S/C14H20ClN3O/c15-11-7-13(18(9-11)12-1-2-12)14(19)17-6-4-10-3-5-16-8-10/h7,9-10,12,16H,1-6,8H2,(H,17,19). The fourth-order valence-corrected chi connectivity index (χ4v) is 2.93. The molecule has 2 aliphatic rings. The lowest BCUT2D eigenvalue weighted by atomic mass is 10.1. The zero-order chi connectivity index (χ0) is 13.2. The minimum Gasteiger partial charge on any atom is -0.351 e. The molecule has 4 nitrogen and oxygen atoms in total. The molecule has 104 valence electrons. The summed E-state index contributed by atoms with van der Waals surface area (Å²) in [7, 11) is 0. The van der Waals surface area contributed by atoms with Gasteiger partial charge in [-0.2, -0.15) is 0 Å². The lowest BCUT2D eigenvalue weighted by Crippen LogP contribution is -2.28. The number of nitrogens with zero attached hydrogens (tertiary/aromatic N) is 1. The van der Waals surface area contributed by atoms with Crippen molar-refractivity contribution in [3.8, 4) is 0 Å². The van der Waals surface area contributed by atoms with Gasteiger partial charge in [-0.25, -0.2) is 0 Å². The summed E-state index contributed by atoms with van der Waals surface area (Å²) >= 11 is 6.01. The van der Waals surface area contributed by atoms with Crippen LogP contribution in [-0.2, 0) is 0 Å². The Bertz CT molecular complexity index is 461. The highest BCUT2D eigenvalue weighted by atomic mass is 35.5. The molecule has 1 aliphatic carbocycles. The highest BCUT2D eigenvalue weighted by molar-refractivity contribution is 6.31. The van der Waals surface area contributed by atoms with Gasteiger partial charge in [0.2, 0.25) is 0 Å². The Morgan fingerprint density at radius 2 is 2.32 bits per heavy atom. The number of nitrogens with one attached hydrogen (secondary N) is 2. The third-order valence-corrected chi connectivity index (χ3v) is 4.20. The Balaban J connectivity index is 1.54. The maximum absolute atomic E-state index is 12.2. The Hall–Kier alpha value is -1.00. The quantitative estimate of drug-likeness (QED) is 0.869. The molecule has 5 heteroatoms. The van der Waals surface area contributed by atoms with Crippen LogP contribution >= 0.6 is 11.6 Å². The van der Waals surface area contributed by atoms with Gasteiger partial charge < -0.3 is 15.2 Å². The number of amides is 1. The van der Waals surface area contributed by atoms with Gasteiger partial charge >= 0.3 is 0 Å². The van der Waals surface area contributed by atoms with Crippen LogP contribution in [-0.4, -0.2) is 30.1 Å². The second-order valence-corrected chi connectivity index (χ2v) is 6.02. The van der Waals surface area contributed by atoms with Crippen molar-refractivity contribution in [2.45, 2.75) is 31.7 Å². The van der Waals surface area contributed by atoms with Crippen LogP contribution in [0.4, 0.5) is 0 Å². The van der Waals surface area contributed by atoms with Crippen LogP contribution in [0.25, 0.3) is 0 Å². The third kappa shape index (κ3) is 3.12. The highest BCUT2D eigenvalue weighted by Gasteiger charge is 2.27. The van der Waals surface area contributed by atoms with Crippen LogP contribution in [0.2, 0.25) is 5.02 Å². The summed E-state index contributed by atoms with van der Waals surface area (Å²) in [5.41, 5.74) is 0.706. The number of carbonyl (C=O) groups excluding carboxylic acids is 1. The van der Waals surface area contributed by atoms with E-state index in [1.807, 2.05) is 10.8 Å². The summed E-state index contributed by atoms with van der Waals surface area (Å²) in [5, 5.41) is 7.01. The first-order valence-electron chi connectivity index (χ1n) is 7.10. The summed E-state index contributed by atoms with van der Waals surface area (Å²) in [6.07, 6.45) is 6.45. The van der Waals surface area contributed by atoms with Gasteiger partial charge in [-0.05, 0) is 50.8 Å². The van der Waals surface area contributed by atoms with Crippen molar-refractivity contribution in [3.63, 3.8) is 0 Å². The highest BCUT2D eigenvalue weighted by Crippen LogP contribution is 2.37. The molecule has 0 spiro atoms. The van der Waals surface area contributed by atoms with E-state index in [9.17, 15) is 4.79 Å². The molecule has 0 bridgehead atoms. The molecule has 2 fully saturated rings. The SMILES string of the molecule is O=C(NCCC1CCNC1)c1cc(Cl)cn1C1CC1. The first kappa shape index (κ1) is 13.0. The third-order valence-electron chi connectivity index (χ3n) is 3.99. The molecule has 3 rings (SSSR count). The second-order valence-electron chi connectivity index (χ2n) is 5.59. The number of rotatable bonds is 5. The summed E-state index contributed by atoms with van der Waals surface area (Å²) in [5.74, 6) is 0.712. The number of hydrogen-bond donors (Lipinski definition) is 2. The lowest BCUT2D eigenvalue weighted by molar-refractivity contribution is 0.0942. The van der Waals surface area contributed by atoms with Gasteiger partial charge in [0.25, 0.3) is 5.91 Å². The van der Waals surface area contributed by atoms with E-state index in [-0.39, 0.29) is 5.91 Å². The predicted octanol–water partition coefficient (Wildman–Crippen LogP) is 2.21. The fraction of sp³-hybridized carbons (Fsp3) is 0.643. The topological polar surface area (TPSA) is 46.1 Å². The molecule has 2 N–H and O–H groups in total. The van der Waals surface area contributed by atoms with E-state index < -0.39 is 0 Å². The molecule has 1 aromatic rings. The molecular weight excluding hydrogens is 262 g/mol. The van der Waals surface area contributed by atoms with Crippen LogP contribution < -0.4 is 10.6 Å². The smallest absolute Gasteiger partial charge is 0.267 e. The van der Waals surface area contributed by atoms with E-state index in [2.05, 4.69) is 10.6 Å². The molecule has 1 saturated heterocycles. The van der Waals surface area contributed by atoms with Crippen LogP contribution in [0, 0.1) is 5.92 Å². The maximum atomic E-state index is 12.2. The number of carbonyl (C=O) groups is 1. The molecule has 0 radical (unpaired) electrons. The van der Waals surface area contributed by atoms with Crippen LogP contribution in [0.5, 0.6) is 0 Å². The predicted molar refractivity (Wildman–Crippen MR) is 75.6 cm³/mol. The lowest BCUT2D eigenvalue weighted by Gasteiger charge is -2.11. The van der Waals surface area contributed by atoms with Crippen molar-refractivity contribution in [2.24, 2.45) is 5.92 Å². The molecule has 1 aromatic heterocycles. The monoisotopic (exact) mass is 281 g/mol. The van der Waals surface area contributed by atoms with Gasteiger partial charge in [-0.15, -0.1) is 0 Å². The van der Waals surface area contributed by atoms with Gasteiger partial charge in [-0.1, -0.05) is 11.6 Å². The minimum absolute atomic E-state index is 0.00440. The van der Waals surface area contributed by atoms with E-state index in [1.165, 1.54) is 6.42 Å². The summed E-state index contributed by atoms with van der Waals surface area (Å²) < 4.78 is 2.02. The van der Waals surface area contributed by atoms with Crippen LogP contribution in [0.15, 0.2) is 12.3 Å². The van der Waals surface area contributed by atoms with E-state index >= 15 is 0 Å². The van der Waals surface area contributed by atoms with Gasteiger partial charge in [0, 0.05) is 18.8 Å². The molecule has 1 unspecified atom stereocenters. The van der Waals surface area contributed by atoms with Crippen molar-refractivity contribution in [2.75, 3.05) is 19.6 Å². The Kier molecular flexibility index (Phi) is 3.80. The number of hydrogen-bond acceptors (Lipinski definition) is 2. The van der Waals surface area contributed by atoms with Gasteiger partial charge in [-0.3, -0.25) is 4.79 Å². The molecule has 0 aromatic carbocycles. The normalized spacial score (nSPS) is 22.7. The summed E-state index contributed by atoms with van der Waals surface area (Å²) in [6.45, 7) is 2.94. The Morgan fingerprint density at radius 3 is 3.00 bits per heavy atom. The van der Waals surface area contributed by atoms with Crippen LogP contribution in [0.1, 0.15) is 42.2 Å². The van der Waals surface area contributed by atoms with Gasteiger partial charge in [0.05, 0.1) is 5.02 Å². The van der Waals surface area contributed by atoms with Gasteiger partial charge in [0.1, 0.15) is 5.69 Å². The molecule has 1 aliphatic heterocycles. The Labute approximate surface area is 118 Å². The average molecular weight is 282 g/mol. The molecule has 2 heterocycles. The van der Waals surface area contributed by atoms with Crippen LogP contribution in [0.3, 0.4) is 0 Å². The largest absolute Gasteiger partial charge is 0.351 e. The van der Waals surface area contributed by atoms with Crippen molar-refractivity contribution in [3.05, 3.63) is 23.0 Å². The molecule has 1 amide bonds. The fourth-order valence-electron chi connectivity index (χ4n) is 2.72. The average Bonchev–Trinajstić information content (AvgIpc) is 2.96. The molecule has 1 saturated carbocycles. The van der Waals surface area contributed by atoms with Crippen molar-refractivity contribution >= 4 is 17.5 Å². The van der Waals surface area contributed by atoms with Crippen molar-refractivity contribution in [1.82, 2.24) is 15.2 Å². The summed E-state index contributed by atoms with van der Waals surface area (Å²) in [6, 6.07) is 2.25. The number of halogens is 1. The van der Waals surface area contributed by atoms with Crippen molar-refractivity contribution < 1.29 is 4.79 Å². The van der Waals surface area contributed by atoms with Crippen molar-refractivity contribution in [1.29, 1.82) is 0 Å². The molecule has 19 heavy (non-hydrogen) atoms. The van der Waals surface area contributed by atoms with Gasteiger partial charge in [0.15, 0.2) is 0 Å². The number of aromatic nitrogens is 1. The first-order chi connectivity index (χ1) is 9.24. The van der Waals surface area contributed by atoms with E-state index in [4.69, 9.17) is 11.6 Å². The minimum atomic E-state index is 0.00440. The summed E-state index contributed by atoms with van der Waals surface area (Å²) in [4.78, 5) is 12.2. The second kappa shape index (κ2) is 5.55. The van der Waals surface area contributed by atoms with E-state index in [0.29, 0.717) is 22.7 Å². The molecule has 1 atom stereocenters. The maximum Gasteiger partial charge on any atom is 0.267 e. The van der Waals surface area contributed by atoms with E-state index in [0.717, 1.165) is 38.9 Å². The first-order valence-corrected chi connectivity index (χ1v) is 7.48. The Morgan fingerprint density at radius 1 is 1.47 bits per heavy atom. The van der Waals surface area contributed by atoms with E-state index in [1.54, 1.807) is 6.07 Å². The zero-order valence-corrected chi connectivity index (χ0v) is 11.7. The molecular formula is C14H20ClN3O.